The van der Waals surface area contributed by atoms with Gasteiger partial charge in [-0.25, -0.2) is 4.39 Å². The predicted molar refractivity (Wildman–Crippen MR) is 241 cm³/mol. The second kappa shape index (κ2) is 15.5. The Morgan fingerprint density at radius 3 is 2.34 bits per heavy atom. The van der Waals surface area contributed by atoms with E-state index in [2.05, 4.69) is 27.3 Å². The largest absolute Gasteiger partial charge is 0.349 e. The molecule has 0 radical (unpaired) electrons. The number of rotatable bonds is 7. The number of piperidine rings is 1. The number of carbonyl (C=O) groups excluding carboxylic acids is 6. The maximum Gasteiger partial charge on any atom is 0.255 e. The molecule has 6 amide bonds. The fourth-order valence-corrected chi connectivity index (χ4v) is 13.7. The van der Waals surface area contributed by atoms with E-state index in [1.807, 2.05) is 29.2 Å². The zero-order valence-electron chi connectivity index (χ0n) is 36.0. The third-order valence-electron chi connectivity index (χ3n) is 16.8. The summed E-state index contributed by atoms with van der Waals surface area (Å²) in [4.78, 5) is 85.3. The lowest BCUT2D eigenvalue weighted by atomic mass is 9.55. The van der Waals surface area contributed by atoms with Gasteiger partial charge in [-0.1, -0.05) is 84.9 Å². The number of fused-ring (bicyclic) bond motifs is 7. The molecular weight excluding hydrogens is 870 g/mol. The average Bonchev–Trinajstić information content (AvgIpc) is 3.88. The zero-order valence-corrected chi connectivity index (χ0v) is 37.5. The number of carbonyl (C=O) groups is 6. The molecule has 4 N–H and O–H groups in total. The van der Waals surface area contributed by atoms with Crippen molar-refractivity contribution in [3.63, 3.8) is 0 Å². The van der Waals surface area contributed by atoms with Crippen molar-refractivity contribution in [3.05, 3.63) is 104 Å². The van der Waals surface area contributed by atoms with Gasteiger partial charge in [-0.2, -0.15) is 0 Å². The van der Waals surface area contributed by atoms with E-state index >= 15 is 9.18 Å². The number of anilines is 1. The summed E-state index contributed by atoms with van der Waals surface area (Å²) >= 11 is 12.9. The van der Waals surface area contributed by atoms with Gasteiger partial charge >= 0.3 is 0 Å². The third kappa shape index (κ3) is 6.45. The van der Waals surface area contributed by atoms with E-state index in [9.17, 15) is 24.0 Å². The van der Waals surface area contributed by atoms with Gasteiger partial charge < -0.3 is 20.4 Å². The van der Waals surface area contributed by atoms with Gasteiger partial charge in [0.15, 0.2) is 0 Å². The monoisotopic (exact) mass is 920 g/mol. The maximum atomic E-state index is 16.5. The van der Waals surface area contributed by atoms with Crippen LogP contribution in [0.15, 0.2) is 60.7 Å². The van der Waals surface area contributed by atoms with Gasteiger partial charge in [0.1, 0.15) is 17.3 Å². The SMILES string of the molecule is O=C1CCC(N2Cc3c(/C=C\C4CN(C(=O)C56CCC(NC(=O)[C@@H]7NC8(CCCCC8)[C@@]8(C(=O)Nc9cc(Cl)ccc98)[C@H]7c7cccc(Cl)c7F)(CC5)CC6)C4)cccc3C2=O)C(=O)N1. The number of imide groups is 1. The summed E-state index contributed by atoms with van der Waals surface area (Å²) in [6.45, 7) is 1.48. The van der Waals surface area contributed by atoms with Crippen LogP contribution in [-0.2, 0) is 35.9 Å². The fourth-order valence-electron chi connectivity index (χ4n) is 13.4. The Balaban J connectivity index is 0.780. The van der Waals surface area contributed by atoms with Crippen molar-refractivity contribution in [2.24, 2.45) is 11.3 Å². The van der Waals surface area contributed by atoms with Crippen LogP contribution in [0.1, 0.15) is 122 Å². The fraction of sp³-hybridized carbons (Fsp3) is 0.480. The lowest BCUT2D eigenvalue weighted by Gasteiger charge is -2.55. The summed E-state index contributed by atoms with van der Waals surface area (Å²) in [6.07, 6.45) is 12.4. The van der Waals surface area contributed by atoms with Crippen molar-refractivity contribution in [2.75, 3.05) is 18.4 Å². The molecule has 1 unspecified atom stereocenters. The molecule has 0 aromatic heterocycles. The molecule has 2 bridgehead atoms. The van der Waals surface area contributed by atoms with Crippen LogP contribution in [0.5, 0.6) is 0 Å². The Morgan fingerprint density at radius 1 is 0.862 bits per heavy atom. The molecular formula is C50H51Cl2FN6O6. The van der Waals surface area contributed by atoms with Crippen LogP contribution in [0.4, 0.5) is 10.1 Å². The number of amides is 6. The van der Waals surface area contributed by atoms with Crippen molar-refractivity contribution in [3.8, 4) is 0 Å². The van der Waals surface area contributed by atoms with E-state index in [0.717, 1.165) is 30.4 Å². The van der Waals surface area contributed by atoms with Crippen LogP contribution < -0.4 is 21.3 Å². The molecule has 3 aromatic rings. The smallest absolute Gasteiger partial charge is 0.255 e. The molecule has 3 saturated heterocycles. The van der Waals surface area contributed by atoms with Gasteiger partial charge in [0, 0.05) is 70.7 Å². The molecule has 4 saturated carbocycles. The Kier molecular flexibility index (Phi) is 10.1. The molecule has 65 heavy (non-hydrogen) atoms. The molecule has 12 rings (SSSR count). The van der Waals surface area contributed by atoms with Crippen LogP contribution in [-0.4, -0.2) is 81.5 Å². The summed E-state index contributed by atoms with van der Waals surface area (Å²) in [6, 6.07) is 14.1. The van der Waals surface area contributed by atoms with E-state index in [-0.39, 0.29) is 52.5 Å². The van der Waals surface area contributed by atoms with Crippen LogP contribution in [0.3, 0.4) is 0 Å². The van der Waals surface area contributed by atoms with Crippen molar-refractivity contribution < 1.29 is 33.2 Å². The van der Waals surface area contributed by atoms with E-state index in [0.29, 0.717) is 99.3 Å². The maximum absolute atomic E-state index is 16.5. The average molecular weight is 922 g/mol. The first-order valence-corrected chi connectivity index (χ1v) is 23.9. The normalized spacial score (nSPS) is 31.3. The van der Waals surface area contributed by atoms with Gasteiger partial charge in [0.25, 0.3) is 5.91 Å². The Hall–Kier alpha value is -5.11. The second-order valence-corrected chi connectivity index (χ2v) is 20.8. The summed E-state index contributed by atoms with van der Waals surface area (Å²) in [5.74, 6) is -2.77. The molecule has 4 atom stereocenters. The minimum absolute atomic E-state index is 0.0722. The third-order valence-corrected chi connectivity index (χ3v) is 17.3. The second-order valence-electron chi connectivity index (χ2n) is 20.0. The summed E-state index contributed by atoms with van der Waals surface area (Å²) in [5.41, 5.74) is 0.630. The molecule has 5 heterocycles. The molecule has 3 aromatic carbocycles. The van der Waals surface area contributed by atoms with Crippen LogP contribution in [0, 0.1) is 17.2 Å². The van der Waals surface area contributed by atoms with Gasteiger partial charge in [0.05, 0.1) is 11.1 Å². The molecule has 4 aliphatic carbocycles. The van der Waals surface area contributed by atoms with E-state index in [1.165, 1.54) is 6.07 Å². The minimum Gasteiger partial charge on any atom is -0.349 e. The highest BCUT2D eigenvalue weighted by atomic mass is 35.5. The quantitative estimate of drug-likeness (QED) is 0.188. The van der Waals surface area contributed by atoms with Crippen molar-refractivity contribution in [2.45, 2.75) is 125 Å². The Morgan fingerprint density at radius 2 is 1.60 bits per heavy atom. The molecule has 12 nitrogen and oxygen atoms in total. The van der Waals surface area contributed by atoms with Crippen molar-refractivity contribution in [1.82, 2.24) is 25.8 Å². The van der Waals surface area contributed by atoms with Gasteiger partial charge in [-0.15, -0.1) is 0 Å². The highest BCUT2D eigenvalue weighted by molar-refractivity contribution is 6.31. The molecule has 7 fully saturated rings. The van der Waals surface area contributed by atoms with Crippen molar-refractivity contribution >= 4 is 70.4 Å². The van der Waals surface area contributed by atoms with Crippen LogP contribution in [0.25, 0.3) is 6.08 Å². The number of halogens is 3. The topological polar surface area (TPSA) is 157 Å². The van der Waals surface area contributed by atoms with Crippen LogP contribution >= 0.6 is 23.2 Å². The molecule has 5 aliphatic heterocycles. The highest BCUT2D eigenvalue weighted by Gasteiger charge is 2.72. The zero-order chi connectivity index (χ0) is 45.0. The summed E-state index contributed by atoms with van der Waals surface area (Å²) < 4.78 is 16.5. The molecule has 338 valence electrons. The van der Waals surface area contributed by atoms with E-state index in [1.54, 1.807) is 35.2 Å². The van der Waals surface area contributed by atoms with E-state index in [4.69, 9.17) is 23.2 Å². The Bertz CT molecular complexity index is 2600. The predicted octanol–water partition coefficient (Wildman–Crippen LogP) is 6.92. The number of hydrogen-bond donors (Lipinski definition) is 4. The first-order chi connectivity index (χ1) is 31.3. The van der Waals surface area contributed by atoms with Gasteiger partial charge in [-0.3, -0.25) is 39.4 Å². The van der Waals surface area contributed by atoms with Crippen LogP contribution in [0.2, 0.25) is 10.0 Å². The van der Waals surface area contributed by atoms with E-state index < -0.39 is 51.6 Å². The number of benzene rings is 3. The highest BCUT2D eigenvalue weighted by Crippen LogP contribution is 2.63. The number of nitrogens with one attached hydrogen (secondary N) is 4. The summed E-state index contributed by atoms with van der Waals surface area (Å²) in [5, 5.41) is 13.1. The first kappa shape index (κ1) is 42.5. The molecule has 2 spiro atoms. The lowest BCUT2D eigenvalue weighted by Crippen LogP contribution is -2.64. The Labute approximate surface area is 386 Å². The van der Waals surface area contributed by atoms with Crippen molar-refractivity contribution in [1.29, 1.82) is 0 Å². The number of hydrogen-bond acceptors (Lipinski definition) is 7. The number of likely N-dealkylation sites (tertiary alicyclic amines) is 1. The van der Waals surface area contributed by atoms with Gasteiger partial charge in [-0.05, 0) is 104 Å². The summed E-state index contributed by atoms with van der Waals surface area (Å²) in [7, 11) is 0. The number of nitrogens with zero attached hydrogens (tertiary/aromatic N) is 2. The van der Waals surface area contributed by atoms with Gasteiger partial charge in [0.2, 0.25) is 29.5 Å². The standard InChI is InChI=1S/C50H51Cl2FN6O6/c51-30-12-13-34-36(24-30)54-45(64)50(34)39(32-8-5-9-35(52)40(32)53)41(56-49(50)16-2-1-3-17-49)43(62)57-48-21-18-47(19-22-48,20-23-48)46(65)58-25-28(26-58)10-11-29-6-4-7-31-33(29)27-59(44(31)63)37-14-15-38(60)55-42(37)61/h4-13,24,28,37,39,41,56H,1-3,14-23,25-27H2,(H,54,64)(H,57,62)(H,55,60,61)/b11-10-/t37?,39-,41+,47?,48?,50+/m0/s1. The lowest BCUT2D eigenvalue weighted by molar-refractivity contribution is -0.156. The molecule has 15 heteroatoms. The molecule has 9 aliphatic rings. The first-order valence-electron chi connectivity index (χ1n) is 23.2. The minimum atomic E-state index is -1.32.